The number of carbonyl (C=O) groups is 4. The van der Waals surface area contributed by atoms with Gasteiger partial charge in [0.25, 0.3) is 5.91 Å². The monoisotopic (exact) mass is 652 g/mol. The second-order valence-corrected chi connectivity index (χ2v) is 11.7. The van der Waals surface area contributed by atoms with Gasteiger partial charge in [0.15, 0.2) is 6.61 Å². The lowest BCUT2D eigenvalue weighted by Crippen LogP contribution is -2.37. The minimum absolute atomic E-state index is 0.0358. The van der Waals surface area contributed by atoms with Gasteiger partial charge in [-0.05, 0) is 58.8 Å². The van der Waals surface area contributed by atoms with Crippen molar-refractivity contribution in [3.8, 4) is 0 Å². The Morgan fingerprint density at radius 3 is 2.34 bits per heavy atom. The highest BCUT2D eigenvalue weighted by Gasteiger charge is 2.66. The number of anilines is 1. The van der Waals surface area contributed by atoms with Crippen LogP contribution in [-0.4, -0.2) is 51.4 Å². The summed E-state index contributed by atoms with van der Waals surface area (Å²) >= 11 is 16.7. The Bertz CT molecular complexity index is 974. The molecule has 3 aliphatic rings. The fourth-order valence-corrected chi connectivity index (χ4v) is 7.51. The molecule has 1 heterocycles. The first-order valence-corrected chi connectivity index (χ1v) is 13.1. The first-order chi connectivity index (χ1) is 15.1. The normalized spacial score (nSPS) is 30.6. The summed E-state index contributed by atoms with van der Waals surface area (Å²) < 4.78 is 5.74. The number of likely N-dealkylation sites (tertiary alicyclic amines) is 1. The third-order valence-electron chi connectivity index (χ3n) is 6.52. The number of nitrogens with zero attached hydrogens (tertiary/aromatic N) is 1. The minimum atomic E-state index is -0.650. The number of halogens is 4. The van der Waals surface area contributed by atoms with E-state index in [4.69, 9.17) is 16.3 Å². The minimum Gasteiger partial charge on any atom is -0.456 e. The zero-order valence-corrected chi connectivity index (χ0v) is 22.5. The van der Waals surface area contributed by atoms with E-state index in [1.54, 1.807) is 12.1 Å². The van der Waals surface area contributed by atoms with Crippen molar-refractivity contribution >= 4 is 88.8 Å². The number of amides is 3. The SMILES string of the molecule is Cc1cc(Br)c(Cl)cc1NC(=O)COC(=O)CCN1C(=O)[C@@H]2[C@H]3C[C@@H]([C@H](Br)[C@H]3Br)[C@H]2C1=O. The summed E-state index contributed by atoms with van der Waals surface area (Å²) in [6.07, 6.45) is 0.699. The molecule has 32 heavy (non-hydrogen) atoms. The number of benzene rings is 1. The molecule has 1 aromatic rings. The van der Waals surface area contributed by atoms with Crippen LogP contribution in [0.2, 0.25) is 5.02 Å². The number of alkyl halides is 2. The maximum atomic E-state index is 12.8. The maximum absolute atomic E-state index is 12.8. The highest BCUT2D eigenvalue weighted by molar-refractivity contribution is 9.12. The van der Waals surface area contributed by atoms with Crippen LogP contribution in [0, 0.1) is 30.6 Å². The fourth-order valence-electron chi connectivity index (χ4n) is 5.02. The smallest absolute Gasteiger partial charge is 0.308 e. The Morgan fingerprint density at radius 1 is 1.16 bits per heavy atom. The van der Waals surface area contributed by atoms with Crippen molar-refractivity contribution in [3.63, 3.8) is 0 Å². The molecular weight excluding hydrogens is 635 g/mol. The van der Waals surface area contributed by atoms with Gasteiger partial charge in [0, 0.05) is 26.4 Å². The highest BCUT2D eigenvalue weighted by atomic mass is 79.9. The molecule has 6 atom stereocenters. The van der Waals surface area contributed by atoms with Crippen molar-refractivity contribution in [1.82, 2.24) is 4.90 Å². The van der Waals surface area contributed by atoms with Crippen molar-refractivity contribution in [2.24, 2.45) is 23.7 Å². The molecule has 172 valence electrons. The third-order valence-corrected chi connectivity index (χ3v) is 10.9. The van der Waals surface area contributed by atoms with Crippen molar-refractivity contribution in [2.45, 2.75) is 29.4 Å². The van der Waals surface area contributed by atoms with Gasteiger partial charge in [-0.1, -0.05) is 43.5 Å². The number of rotatable bonds is 6. The van der Waals surface area contributed by atoms with E-state index in [-0.39, 0.29) is 58.1 Å². The van der Waals surface area contributed by atoms with E-state index in [0.29, 0.717) is 15.2 Å². The van der Waals surface area contributed by atoms with Crippen molar-refractivity contribution in [2.75, 3.05) is 18.5 Å². The molecule has 2 bridgehead atoms. The second-order valence-electron chi connectivity index (χ2n) is 8.37. The van der Waals surface area contributed by atoms with Gasteiger partial charge in [-0.2, -0.15) is 0 Å². The van der Waals surface area contributed by atoms with Crippen molar-refractivity contribution in [1.29, 1.82) is 0 Å². The standard InChI is InChI=1S/C21H20Br3ClN2O5/c1-8-4-11(22)12(25)6-13(8)26-14(28)7-32-15(29)2-3-27-20(30)16-9-5-10(17(16)21(27)31)19(24)18(9)23/h4,6,9-10,16-19H,2-3,5,7H2,1H3,(H,26,28)/t9-,10-,16-,17-,18+,19+/m1/s1. The predicted octanol–water partition coefficient (Wildman–Crippen LogP) is 4.06. The fraction of sp³-hybridized carbons (Fsp3) is 0.524. The second kappa shape index (κ2) is 9.35. The third kappa shape index (κ3) is 4.28. The molecule has 2 saturated carbocycles. The Balaban J connectivity index is 1.27. The van der Waals surface area contributed by atoms with Crippen LogP contribution < -0.4 is 5.32 Å². The van der Waals surface area contributed by atoms with E-state index in [9.17, 15) is 19.2 Å². The summed E-state index contributed by atoms with van der Waals surface area (Å²) in [5, 5.41) is 3.09. The summed E-state index contributed by atoms with van der Waals surface area (Å²) in [5.41, 5.74) is 1.31. The quantitative estimate of drug-likeness (QED) is 0.284. The molecule has 0 aromatic heterocycles. The lowest BCUT2D eigenvalue weighted by atomic mass is 9.81. The summed E-state index contributed by atoms with van der Waals surface area (Å²) in [4.78, 5) is 51.5. The van der Waals surface area contributed by atoms with Gasteiger partial charge < -0.3 is 10.1 Å². The topological polar surface area (TPSA) is 92.8 Å². The number of carbonyl (C=O) groups excluding carboxylic acids is 4. The van der Waals surface area contributed by atoms with Gasteiger partial charge in [-0.25, -0.2) is 0 Å². The van der Waals surface area contributed by atoms with Crippen LogP contribution in [0.25, 0.3) is 0 Å². The zero-order chi connectivity index (χ0) is 23.3. The number of hydrogen-bond donors (Lipinski definition) is 1. The molecule has 2 aliphatic carbocycles. The molecule has 7 nitrogen and oxygen atoms in total. The number of aryl methyl sites for hydroxylation is 1. The Morgan fingerprint density at radius 2 is 1.75 bits per heavy atom. The van der Waals surface area contributed by atoms with Gasteiger partial charge in [0.05, 0.1) is 23.3 Å². The van der Waals surface area contributed by atoms with E-state index in [2.05, 4.69) is 53.1 Å². The molecule has 0 unspecified atom stereocenters. The van der Waals surface area contributed by atoms with Crippen molar-refractivity contribution in [3.05, 3.63) is 27.2 Å². The molecule has 3 fully saturated rings. The number of ether oxygens (including phenoxy) is 1. The summed E-state index contributed by atoms with van der Waals surface area (Å²) in [5.74, 6) is -1.94. The van der Waals surface area contributed by atoms with E-state index in [0.717, 1.165) is 12.0 Å². The van der Waals surface area contributed by atoms with Gasteiger partial charge >= 0.3 is 5.97 Å². The van der Waals surface area contributed by atoms with E-state index >= 15 is 0 Å². The summed E-state index contributed by atoms with van der Waals surface area (Å²) in [7, 11) is 0. The first kappa shape index (κ1) is 24.2. The molecule has 11 heteroatoms. The molecule has 3 amide bonds. The molecule has 1 N–H and O–H groups in total. The van der Waals surface area contributed by atoms with Gasteiger partial charge in [-0.3, -0.25) is 24.1 Å². The Hall–Kier alpha value is -0.970. The van der Waals surface area contributed by atoms with E-state index in [1.165, 1.54) is 4.90 Å². The van der Waals surface area contributed by atoms with Gasteiger partial charge in [-0.15, -0.1) is 0 Å². The predicted molar refractivity (Wildman–Crippen MR) is 129 cm³/mol. The highest BCUT2D eigenvalue weighted by Crippen LogP contribution is 2.60. The summed E-state index contributed by atoms with van der Waals surface area (Å²) in [6.45, 7) is 1.30. The van der Waals surface area contributed by atoms with E-state index < -0.39 is 18.5 Å². The molecule has 1 aromatic carbocycles. The summed E-state index contributed by atoms with van der Waals surface area (Å²) in [6, 6.07) is 3.37. The van der Waals surface area contributed by atoms with Crippen LogP contribution in [0.5, 0.6) is 0 Å². The Labute approximate surface area is 215 Å². The molecule has 0 spiro atoms. The van der Waals surface area contributed by atoms with Gasteiger partial charge in [0.1, 0.15) is 0 Å². The van der Waals surface area contributed by atoms with Crippen molar-refractivity contribution < 1.29 is 23.9 Å². The van der Waals surface area contributed by atoms with Crippen LogP contribution in [0.15, 0.2) is 16.6 Å². The molecule has 4 rings (SSSR count). The van der Waals surface area contributed by atoms with Crippen LogP contribution in [0.4, 0.5) is 5.69 Å². The lowest BCUT2D eigenvalue weighted by molar-refractivity contribution is -0.149. The van der Waals surface area contributed by atoms with Crippen LogP contribution in [-0.2, 0) is 23.9 Å². The number of hydrogen-bond acceptors (Lipinski definition) is 5. The van der Waals surface area contributed by atoms with Crippen LogP contribution >= 0.6 is 59.4 Å². The molecule has 1 saturated heterocycles. The average Bonchev–Trinajstić information content (AvgIpc) is 3.34. The number of fused-ring (bicyclic) bond motifs is 5. The maximum Gasteiger partial charge on any atom is 0.308 e. The van der Waals surface area contributed by atoms with Gasteiger partial charge in [0.2, 0.25) is 11.8 Å². The number of imide groups is 1. The molecular formula is C21H20Br3ClN2O5. The first-order valence-electron chi connectivity index (χ1n) is 10.1. The number of esters is 1. The number of nitrogens with one attached hydrogen (secondary N) is 1. The average molecular weight is 656 g/mol. The molecule has 1 aliphatic heterocycles. The van der Waals surface area contributed by atoms with E-state index in [1.807, 2.05) is 6.92 Å². The van der Waals surface area contributed by atoms with Crippen LogP contribution in [0.1, 0.15) is 18.4 Å². The largest absolute Gasteiger partial charge is 0.456 e. The zero-order valence-electron chi connectivity index (χ0n) is 16.9. The van der Waals surface area contributed by atoms with Crippen LogP contribution in [0.3, 0.4) is 0 Å². The molecule has 0 radical (unpaired) electrons. The lowest BCUT2D eigenvalue weighted by Gasteiger charge is -2.28. The Kier molecular flexibility index (Phi) is 7.06.